The van der Waals surface area contributed by atoms with Crippen LogP contribution in [0.25, 0.3) is 0 Å². The molecule has 17 heteroatoms. The SMILES string of the molecule is COC(=O)CCC#Cc1cc(Cl)ccc1NS(=O)(=O)c1cccc(C(F)(F)F)c1.O=S(=O)(Cl)c1cccc(C(F)(F)F)c1. The van der Waals surface area contributed by atoms with Crippen LogP contribution in [-0.2, 0) is 41.0 Å². The lowest BCUT2D eigenvalue weighted by Crippen LogP contribution is -2.15. The third-order valence-electron chi connectivity index (χ3n) is 5.05. The zero-order valence-corrected chi connectivity index (χ0v) is 24.7. The molecule has 0 bridgehead atoms. The number of rotatable bonds is 6. The van der Waals surface area contributed by atoms with E-state index >= 15 is 0 Å². The van der Waals surface area contributed by atoms with Crippen molar-refractivity contribution in [1.29, 1.82) is 0 Å². The van der Waals surface area contributed by atoms with Crippen molar-refractivity contribution in [1.82, 2.24) is 0 Å². The van der Waals surface area contributed by atoms with Gasteiger partial charge < -0.3 is 4.74 Å². The molecule has 0 aromatic heterocycles. The fourth-order valence-corrected chi connectivity index (χ4v) is 5.09. The van der Waals surface area contributed by atoms with E-state index in [0.717, 1.165) is 36.4 Å². The Hall–Kier alpha value is -3.45. The van der Waals surface area contributed by atoms with Crippen LogP contribution in [0.3, 0.4) is 0 Å². The highest BCUT2D eigenvalue weighted by molar-refractivity contribution is 8.13. The Morgan fingerprint density at radius 3 is 1.91 bits per heavy atom. The number of ether oxygens (including phenoxy) is 1. The second kappa shape index (κ2) is 14.3. The summed E-state index contributed by atoms with van der Waals surface area (Å²) in [6.45, 7) is 0. The molecule has 0 aliphatic carbocycles. The first-order valence-corrected chi connectivity index (χ1v) is 15.6. The van der Waals surface area contributed by atoms with Gasteiger partial charge in [-0.05, 0) is 54.6 Å². The summed E-state index contributed by atoms with van der Waals surface area (Å²) in [5, 5.41) is 0.282. The Morgan fingerprint density at radius 2 is 1.40 bits per heavy atom. The molecule has 0 fully saturated rings. The molecule has 0 unspecified atom stereocenters. The van der Waals surface area contributed by atoms with Crippen LogP contribution in [-0.4, -0.2) is 29.9 Å². The molecule has 0 atom stereocenters. The number of carbonyl (C=O) groups excluding carboxylic acids is 1. The molecule has 0 radical (unpaired) electrons. The molecule has 232 valence electrons. The van der Waals surface area contributed by atoms with Gasteiger partial charge in [-0.3, -0.25) is 9.52 Å². The zero-order valence-electron chi connectivity index (χ0n) is 21.6. The molecule has 0 amide bonds. The molecule has 3 aromatic carbocycles. The number of methoxy groups -OCH3 is 1. The Morgan fingerprint density at radius 1 is 0.860 bits per heavy atom. The van der Waals surface area contributed by atoms with Crippen molar-refractivity contribution in [2.75, 3.05) is 11.8 Å². The molecule has 3 rings (SSSR count). The summed E-state index contributed by atoms with van der Waals surface area (Å²) in [4.78, 5) is 9.99. The lowest BCUT2D eigenvalue weighted by molar-refractivity contribution is -0.140. The highest BCUT2D eigenvalue weighted by Gasteiger charge is 2.32. The highest BCUT2D eigenvalue weighted by Crippen LogP contribution is 2.32. The van der Waals surface area contributed by atoms with Crippen molar-refractivity contribution in [3.05, 3.63) is 88.4 Å². The summed E-state index contributed by atoms with van der Waals surface area (Å²) < 4.78 is 128. The van der Waals surface area contributed by atoms with Crippen molar-refractivity contribution in [2.45, 2.75) is 35.0 Å². The van der Waals surface area contributed by atoms with E-state index in [1.54, 1.807) is 0 Å². The number of carbonyl (C=O) groups is 1. The molecular weight excluding hydrogens is 671 g/mol. The molecule has 0 spiro atoms. The third-order valence-corrected chi connectivity index (χ3v) is 8.00. The number of hydrogen-bond acceptors (Lipinski definition) is 6. The second-order valence-corrected chi connectivity index (χ2v) is 12.8. The van der Waals surface area contributed by atoms with Crippen molar-refractivity contribution >= 4 is 53.0 Å². The third kappa shape index (κ3) is 11.3. The van der Waals surface area contributed by atoms with Gasteiger partial charge >= 0.3 is 18.3 Å². The van der Waals surface area contributed by atoms with E-state index in [2.05, 4.69) is 21.3 Å². The fraction of sp³-hybridized carbons (Fsp3) is 0.192. The predicted octanol–water partition coefficient (Wildman–Crippen LogP) is 7.10. The minimum atomic E-state index is -4.68. The van der Waals surface area contributed by atoms with Crippen LogP contribution in [0, 0.1) is 11.8 Å². The number of sulfonamides is 1. The Bertz CT molecular complexity index is 1750. The van der Waals surface area contributed by atoms with Crippen LogP contribution >= 0.6 is 22.3 Å². The monoisotopic (exact) mass is 689 g/mol. The van der Waals surface area contributed by atoms with Gasteiger partial charge in [0, 0.05) is 22.1 Å². The van der Waals surface area contributed by atoms with Crippen LogP contribution in [0.15, 0.2) is 76.5 Å². The standard InChI is InChI=1S/C19H15ClF3NO4S.C7H4ClF3O2S/c1-28-18(25)8-3-2-5-13-11-15(20)9-10-17(13)24-29(26,27)16-7-4-6-14(12-16)19(21,22)23;8-14(12,13)6-3-1-2-5(4-6)7(9,10)11/h4,6-7,9-12,24H,3,8H2,1H3;1-4H. The van der Waals surface area contributed by atoms with E-state index in [4.69, 9.17) is 22.3 Å². The van der Waals surface area contributed by atoms with Crippen molar-refractivity contribution in [3.63, 3.8) is 0 Å². The van der Waals surface area contributed by atoms with Crippen molar-refractivity contribution < 1.29 is 52.7 Å². The molecule has 7 nitrogen and oxygen atoms in total. The number of halogens is 8. The van der Waals surface area contributed by atoms with Crippen LogP contribution in [0.5, 0.6) is 0 Å². The van der Waals surface area contributed by atoms with Gasteiger partial charge in [-0.25, -0.2) is 16.8 Å². The minimum Gasteiger partial charge on any atom is -0.469 e. The number of anilines is 1. The van der Waals surface area contributed by atoms with Gasteiger partial charge in [-0.2, -0.15) is 26.3 Å². The van der Waals surface area contributed by atoms with E-state index < -0.39 is 58.3 Å². The largest absolute Gasteiger partial charge is 0.469 e. The Kier molecular flexibility index (Phi) is 11.9. The van der Waals surface area contributed by atoms with Gasteiger partial charge in [0.2, 0.25) is 0 Å². The van der Waals surface area contributed by atoms with Crippen LogP contribution in [0.2, 0.25) is 5.02 Å². The number of nitrogens with one attached hydrogen (secondary N) is 1. The molecule has 0 saturated heterocycles. The lowest BCUT2D eigenvalue weighted by Gasteiger charge is -2.12. The van der Waals surface area contributed by atoms with Gasteiger partial charge in [-0.15, -0.1) is 0 Å². The van der Waals surface area contributed by atoms with Crippen LogP contribution in [0.1, 0.15) is 29.5 Å². The quantitative estimate of drug-likeness (QED) is 0.128. The van der Waals surface area contributed by atoms with E-state index in [9.17, 15) is 48.0 Å². The van der Waals surface area contributed by atoms with Gasteiger partial charge in [0.25, 0.3) is 19.1 Å². The normalized spacial score (nSPS) is 11.8. The van der Waals surface area contributed by atoms with Gasteiger partial charge in [0.15, 0.2) is 0 Å². The summed E-state index contributed by atoms with van der Waals surface area (Å²) in [5.74, 6) is 4.94. The van der Waals surface area contributed by atoms with Crippen molar-refractivity contribution in [3.8, 4) is 11.8 Å². The maximum absolute atomic E-state index is 12.9. The van der Waals surface area contributed by atoms with Gasteiger partial charge in [0.05, 0.1) is 45.7 Å². The number of alkyl halides is 6. The molecule has 0 heterocycles. The maximum atomic E-state index is 12.9. The zero-order chi connectivity index (χ0) is 32.6. The summed E-state index contributed by atoms with van der Waals surface area (Å²) in [5.41, 5.74) is -1.88. The fourth-order valence-electron chi connectivity index (χ4n) is 3.00. The van der Waals surface area contributed by atoms with Crippen molar-refractivity contribution in [2.24, 2.45) is 0 Å². The molecule has 0 aliphatic rings. The second-order valence-electron chi connectivity index (χ2n) is 8.16. The van der Waals surface area contributed by atoms with E-state index in [1.165, 1.54) is 25.3 Å². The smallest absolute Gasteiger partial charge is 0.416 e. The van der Waals surface area contributed by atoms with Crippen LogP contribution < -0.4 is 4.72 Å². The molecule has 0 saturated carbocycles. The maximum Gasteiger partial charge on any atom is 0.416 e. The first-order chi connectivity index (χ1) is 19.7. The van der Waals surface area contributed by atoms with E-state index in [-0.39, 0.29) is 29.1 Å². The molecule has 3 aromatic rings. The highest BCUT2D eigenvalue weighted by atomic mass is 35.7. The summed E-state index contributed by atoms with van der Waals surface area (Å²) in [7, 11) is -2.30. The topological polar surface area (TPSA) is 107 Å². The summed E-state index contributed by atoms with van der Waals surface area (Å²) in [6, 6.07) is 10.8. The molecular formula is C26H19Cl2F6NO6S2. The average molecular weight is 690 g/mol. The Labute approximate surface area is 252 Å². The van der Waals surface area contributed by atoms with Gasteiger partial charge in [0.1, 0.15) is 0 Å². The first kappa shape index (κ1) is 35.7. The molecule has 43 heavy (non-hydrogen) atoms. The summed E-state index contributed by atoms with van der Waals surface area (Å²) in [6.07, 6.45) is -9.03. The molecule has 0 aliphatic heterocycles. The van der Waals surface area contributed by atoms with E-state index in [1.807, 2.05) is 0 Å². The first-order valence-electron chi connectivity index (χ1n) is 11.4. The number of benzene rings is 3. The predicted molar refractivity (Wildman–Crippen MR) is 146 cm³/mol. The minimum absolute atomic E-state index is 0.0392. The summed E-state index contributed by atoms with van der Waals surface area (Å²) >= 11 is 5.92. The lowest BCUT2D eigenvalue weighted by atomic mass is 10.2. The van der Waals surface area contributed by atoms with Crippen LogP contribution in [0.4, 0.5) is 32.0 Å². The molecule has 1 N–H and O–H groups in total. The number of hydrogen-bond donors (Lipinski definition) is 1. The Balaban J connectivity index is 0.000000385. The number of esters is 1. The van der Waals surface area contributed by atoms with E-state index in [0.29, 0.717) is 12.1 Å². The van der Waals surface area contributed by atoms with Gasteiger partial charge in [-0.1, -0.05) is 35.6 Å². The average Bonchev–Trinajstić information content (AvgIpc) is 2.91.